The predicted octanol–water partition coefficient (Wildman–Crippen LogP) is 2.76. The Bertz CT molecular complexity index is 931. The Morgan fingerprint density at radius 3 is 3.00 bits per heavy atom. The summed E-state index contributed by atoms with van der Waals surface area (Å²) in [5, 5.41) is 3.45. The summed E-state index contributed by atoms with van der Waals surface area (Å²) in [6.07, 6.45) is 9.81. The average molecular weight is 454 g/mol. The van der Waals surface area contributed by atoms with Gasteiger partial charge in [-0.2, -0.15) is 0 Å². The molecule has 0 radical (unpaired) electrons. The molecule has 0 aliphatic carbocycles. The number of benzene rings is 1. The first-order valence-corrected chi connectivity index (χ1v) is 11.4. The summed E-state index contributed by atoms with van der Waals surface area (Å²) in [5.74, 6) is 1.24. The van der Waals surface area contributed by atoms with E-state index in [-0.39, 0.29) is 12.2 Å². The number of nitrogens with zero attached hydrogens (tertiary/aromatic N) is 3. The number of anilines is 1. The fourth-order valence-electron chi connectivity index (χ4n) is 3.95. The largest absolute Gasteiger partial charge is 0.497 e. The van der Waals surface area contributed by atoms with Crippen LogP contribution in [0.1, 0.15) is 36.9 Å². The molecule has 33 heavy (non-hydrogen) atoms. The fraction of sp³-hybridized carbons (Fsp3) is 0.458. The van der Waals surface area contributed by atoms with E-state index >= 15 is 0 Å². The second-order valence-electron chi connectivity index (χ2n) is 8.26. The van der Waals surface area contributed by atoms with E-state index in [1.165, 1.54) is 11.6 Å². The molecule has 0 bridgehead atoms. The summed E-state index contributed by atoms with van der Waals surface area (Å²) in [6, 6.07) is 8.50. The van der Waals surface area contributed by atoms with Crippen LogP contribution >= 0.6 is 0 Å². The zero-order valence-electron chi connectivity index (χ0n) is 18.9. The second-order valence-corrected chi connectivity index (χ2v) is 8.26. The van der Waals surface area contributed by atoms with Crippen LogP contribution in [0.3, 0.4) is 0 Å². The second kappa shape index (κ2) is 11.7. The Morgan fingerprint density at radius 1 is 1.27 bits per heavy atom. The summed E-state index contributed by atoms with van der Waals surface area (Å²) >= 11 is 0. The molecule has 0 saturated carbocycles. The molecule has 1 amide bonds. The van der Waals surface area contributed by atoms with Crippen LogP contribution < -0.4 is 15.5 Å². The Labute approximate surface area is 194 Å². The van der Waals surface area contributed by atoms with Gasteiger partial charge in [0, 0.05) is 44.8 Å². The van der Waals surface area contributed by atoms with Crippen molar-refractivity contribution in [1.29, 1.82) is 0 Å². The van der Waals surface area contributed by atoms with Crippen molar-refractivity contribution in [3.63, 3.8) is 0 Å². The van der Waals surface area contributed by atoms with Gasteiger partial charge < -0.3 is 14.8 Å². The Kier molecular flexibility index (Phi) is 8.24. The van der Waals surface area contributed by atoms with Crippen LogP contribution in [0.25, 0.3) is 6.08 Å². The molecule has 4 rings (SSSR count). The molecule has 2 fully saturated rings. The number of amides is 1. The van der Waals surface area contributed by atoms with Gasteiger partial charge in [0.2, 0.25) is 0 Å². The Balaban J connectivity index is 1.20. The highest BCUT2D eigenvalue weighted by Gasteiger charge is 2.22. The van der Waals surface area contributed by atoms with Gasteiger partial charge in [-0.05, 0) is 43.0 Å². The minimum Gasteiger partial charge on any atom is -0.497 e. The predicted molar refractivity (Wildman–Crippen MR) is 124 cm³/mol. The van der Waals surface area contributed by atoms with Crippen LogP contribution in [0.5, 0.6) is 5.75 Å². The van der Waals surface area contributed by atoms with Crippen molar-refractivity contribution in [3.8, 4) is 5.75 Å². The standard InChI is InChI=1S/C24H31N5O4/c1-31-21-6-4-5-18(13-21)16-29-11-10-20(17-29)27-22-15-25-19(14-26-22)8-9-23(30)28-33-24-7-2-3-12-32-24/h4-6,8-9,13-15,20,24H,2-3,7,10-12,16-17H2,1H3,(H,26,27)(H,28,30)/t20-,24?/m1/s1. The summed E-state index contributed by atoms with van der Waals surface area (Å²) in [6.45, 7) is 3.51. The number of ether oxygens (including phenoxy) is 2. The van der Waals surface area contributed by atoms with E-state index in [4.69, 9.17) is 14.3 Å². The lowest BCUT2D eigenvalue weighted by atomic mass is 10.2. The maximum absolute atomic E-state index is 11.9. The van der Waals surface area contributed by atoms with Crippen molar-refractivity contribution in [2.45, 2.75) is 44.6 Å². The van der Waals surface area contributed by atoms with Crippen molar-refractivity contribution in [1.82, 2.24) is 20.3 Å². The molecule has 1 unspecified atom stereocenters. The lowest BCUT2D eigenvalue weighted by molar-refractivity contribution is -0.198. The zero-order chi connectivity index (χ0) is 22.9. The first kappa shape index (κ1) is 23.2. The Hall–Kier alpha value is -3.01. The third-order valence-electron chi connectivity index (χ3n) is 5.67. The number of carbonyl (C=O) groups excluding carboxylic acids is 1. The molecular formula is C24H31N5O4. The van der Waals surface area contributed by atoms with E-state index in [9.17, 15) is 4.79 Å². The molecule has 3 heterocycles. The molecule has 2 saturated heterocycles. The van der Waals surface area contributed by atoms with Gasteiger partial charge in [0.15, 0.2) is 6.29 Å². The van der Waals surface area contributed by atoms with Crippen molar-refractivity contribution >= 4 is 17.8 Å². The zero-order valence-corrected chi connectivity index (χ0v) is 18.9. The minimum atomic E-state index is -0.372. The summed E-state index contributed by atoms with van der Waals surface area (Å²) < 4.78 is 10.7. The first-order chi connectivity index (χ1) is 16.2. The molecule has 2 aromatic rings. The van der Waals surface area contributed by atoms with Crippen LogP contribution in [0.15, 0.2) is 42.7 Å². The van der Waals surface area contributed by atoms with Crippen molar-refractivity contribution in [3.05, 3.63) is 54.0 Å². The van der Waals surface area contributed by atoms with Gasteiger partial charge >= 0.3 is 0 Å². The van der Waals surface area contributed by atoms with Gasteiger partial charge in [0.25, 0.3) is 5.91 Å². The SMILES string of the molecule is COc1cccc(CN2CC[C@@H](Nc3cnc(C=CC(=O)NOC4CCCCO4)cn3)C2)c1. The van der Waals surface area contributed by atoms with Gasteiger partial charge in [-0.3, -0.25) is 14.7 Å². The van der Waals surface area contributed by atoms with Crippen LogP contribution in [-0.2, 0) is 20.9 Å². The quantitative estimate of drug-likeness (QED) is 0.442. The highest BCUT2D eigenvalue weighted by Crippen LogP contribution is 2.19. The van der Waals surface area contributed by atoms with Crippen molar-refractivity contribution < 1.29 is 19.1 Å². The molecule has 1 aromatic carbocycles. The number of carbonyl (C=O) groups is 1. The number of methoxy groups -OCH3 is 1. The molecule has 2 N–H and O–H groups in total. The van der Waals surface area contributed by atoms with Gasteiger partial charge in [-0.15, -0.1) is 0 Å². The van der Waals surface area contributed by atoms with Crippen LogP contribution in [0.4, 0.5) is 5.82 Å². The lowest BCUT2D eigenvalue weighted by Crippen LogP contribution is -2.32. The fourth-order valence-corrected chi connectivity index (χ4v) is 3.95. The maximum Gasteiger partial charge on any atom is 0.267 e. The molecule has 176 valence electrons. The first-order valence-electron chi connectivity index (χ1n) is 11.4. The van der Waals surface area contributed by atoms with E-state index in [1.807, 2.05) is 12.1 Å². The summed E-state index contributed by atoms with van der Waals surface area (Å²) in [4.78, 5) is 28.4. The van der Waals surface area contributed by atoms with Gasteiger partial charge in [-0.25, -0.2) is 15.3 Å². The minimum absolute atomic E-state index is 0.316. The van der Waals surface area contributed by atoms with Crippen LogP contribution in [0, 0.1) is 0 Å². The number of hydrogen-bond donors (Lipinski definition) is 2. The lowest BCUT2D eigenvalue weighted by Gasteiger charge is -2.21. The number of aromatic nitrogens is 2. The number of hydrogen-bond acceptors (Lipinski definition) is 8. The van der Waals surface area contributed by atoms with E-state index in [1.54, 1.807) is 25.6 Å². The highest BCUT2D eigenvalue weighted by atomic mass is 16.8. The number of hydroxylamine groups is 1. The third-order valence-corrected chi connectivity index (χ3v) is 5.67. The van der Waals surface area contributed by atoms with Gasteiger partial charge in [0.1, 0.15) is 11.6 Å². The molecule has 2 aliphatic rings. The van der Waals surface area contributed by atoms with Crippen molar-refractivity contribution in [2.24, 2.45) is 0 Å². The van der Waals surface area contributed by atoms with Gasteiger partial charge in [0.05, 0.1) is 25.2 Å². The summed E-state index contributed by atoms with van der Waals surface area (Å²) in [5.41, 5.74) is 4.22. The molecule has 2 aliphatic heterocycles. The average Bonchev–Trinajstić information content (AvgIpc) is 3.29. The topological polar surface area (TPSA) is 97.8 Å². The van der Waals surface area contributed by atoms with E-state index in [0.717, 1.165) is 56.9 Å². The molecule has 0 spiro atoms. The summed E-state index contributed by atoms with van der Waals surface area (Å²) in [7, 11) is 1.69. The van der Waals surface area contributed by atoms with E-state index in [0.29, 0.717) is 18.3 Å². The van der Waals surface area contributed by atoms with Crippen LogP contribution in [-0.4, -0.2) is 59.9 Å². The smallest absolute Gasteiger partial charge is 0.267 e. The monoisotopic (exact) mass is 453 g/mol. The third kappa shape index (κ3) is 7.24. The number of likely N-dealkylation sites (tertiary alicyclic amines) is 1. The molecule has 9 heteroatoms. The van der Waals surface area contributed by atoms with Crippen LogP contribution in [0.2, 0.25) is 0 Å². The maximum atomic E-state index is 11.9. The molecule has 2 atom stereocenters. The molecule has 1 aromatic heterocycles. The van der Waals surface area contributed by atoms with Crippen molar-refractivity contribution in [2.75, 3.05) is 32.1 Å². The highest BCUT2D eigenvalue weighted by molar-refractivity contribution is 5.90. The Morgan fingerprint density at radius 2 is 2.21 bits per heavy atom. The molecule has 9 nitrogen and oxygen atoms in total. The number of rotatable bonds is 9. The van der Waals surface area contributed by atoms with Gasteiger partial charge in [-0.1, -0.05) is 12.1 Å². The van der Waals surface area contributed by atoms with E-state index < -0.39 is 0 Å². The number of nitrogens with one attached hydrogen (secondary N) is 2. The normalized spacial score (nSPS) is 21.2. The van der Waals surface area contributed by atoms with E-state index in [2.05, 4.69) is 37.8 Å². The molecular weight excluding hydrogens is 422 g/mol.